The van der Waals surface area contributed by atoms with Gasteiger partial charge in [0.05, 0.1) is 13.2 Å². The molecule has 4 N–H and O–H groups in total. The molecular weight excluding hydrogens is 260 g/mol. The molecule has 1 heterocycles. The first kappa shape index (κ1) is 15.9. The number of aldehydes is 1. The standard InChI is InChI=1S/C11H16O8/c12-3-1-2-6(15)11-18-8(5-14)9(17)10(19-11)7(16)4-13/h1-3,7-11,13-14,16-17H,4-5H2/b2-1+/t7-,8+,9-,10-,11?/m1/s1. The van der Waals surface area contributed by atoms with Crippen molar-refractivity contribution in [3.8, 4) is 0 Å². The summed E-state index contributed by atoms with van der Waals surface area (Å²) >= 11 is 0. The summed E-state index contributed by atoms with van der Waals surface area (Å²) in [6.07, 6.45) is -4.49. The monoisotopic (exact) mass is 276 g/mol. The molecule has 8 heteroatoms. The van der Waals surface area contributed by atoms with Crippen molar-refractivity contribution in [3.63, 3.8) is 0 Å². The van der Waals surface area contributed by atoms with Crippen LogP contribution in [-0.2, 0) is 19.1 Å². The van der Waals surface area contributed by atoms with Gasteiger partial charge in [0, 0.05) is 0 Å². The highest BCUT2D eigenvalue weighted by Gasteiger charge is 2.43. The van der Waals surface area contributed by atoms with Crippen LogP contribution < -0.4 is 0 Å². The molecule has 0 spiro atoms. The maximum Gasteiger partial charge on any atom is 0.222 e. The molecule has 1 fully saturated rings. The molecule has 0 aromatic heterocycles. The van der Waals surface area contributed by atoms with Crippen LogP contribution in [0.2, 0.25) is 0 Å². The summed E-state index contributed by atoms with van der Waals surface area (Å²) in [5.41, 5.74) is 0. The summed E-state index contributed by atoms with van der Waals surface area (Å²) in [7, 11) is 0. The number of carbonyl (C=O) groups is 2. The lowest BCUT2D eigenvalue weighted by Crippen LogP contribution is -2.58. The maximum atomic E-state index is 11.6. The first-order chi connectivity index (χ1) is 9.04. The quantitative estimate of drug-likeness (QED) is 0.300. The Morgan fingerprint density at radius 1 is 1.32 bits per heavy atom. The highest BCUT2D eigenvalue weighted by atomic mass is 16.7. The molecule has 1 aliphatic heterocycles. The predicted molar refractivity (Wildman–Crippen MR) is 59.9 cm³/mol. The van der Waals surface area contributed by atoms with Crippen LogP contribution in [-0.4, -0.2) is 76.4 Å². The number of aliphatic hydroxyl groups excluding tert-OH is 4. The van der Waals surface area contributed by atoms with Crippen LogP contribution in [0.3, 0.4) is 0 Å². The van der Waals surface area contributed by atoms with Crippen molar-refractivity contribution < 1.29 is 39.5 Å². The van der Waals surface area contributed by atoms with Crippen LogP contribution in [0.5, 0.6) is 0 Å². The Hall–Kier alpha value is -1.16. The van der Waals surface area contributed by atoms with E-state index in [1.807, 2.05) is 0 Å². The van der Waals surface area contributed by atoms with Gasteiger partial charge in [0.2, 0.25) is 12.1 Å². The van der Waals surface area contributed by atoms with Crippen LogP contribution in [0, 0.1) is 0 Å². The van der Waals surface area contributed by atoms with Crippen molar-refractivity contribution in [2.45, 2.75) is 30.7 Å². The molecule has 1 saturated heterocycles. The molecule has 1 unspecified atom stereocenters. The lowest BCUT2D eigenvalue weighted by Gasteiger charge is -2.39. The van der Waals surface area contributed by atoms with Crippen LogP contribution >= 0.6 is 0 Å². The Morgan fingerprint density at radius 3 is 2.53 bits per heavy atom. The number of hydrogen-bond donors (Lipinski definition) is 4. The molecule has 0 aromatic rings. The van der Waals surface area contributed by atoms with Crippen molar-refractivity contribution >= 4 is 12.1 Å². The SMILES string of the molecule is O=C/C=C/C(=O)C1O[C@H]([C@H](O)CO)[C@H](O)[C@H](CO)O1. The molecule has 0 radical (unpaired) electrons. The van der Waals surface area contributed by atoms with Crippen LogP contribution in [0.25, 0.3) is 0 Å². The maximum absolute atomic E-state index is 11.6. The van der Waals surface area contributed by atoms with Gasteiger partial charge in [-0.15, -0.1) is 0 Å². The molecule has 0 aliphatic carbocycles. The fraction of sp³-hybridized carbons (Fsp3) is 0.636. The molecular formula is C11H16O8. The number of rotatable bonds is 6. The van der Waals surface area contributed by atoms with Gasteiger partial charge in [0.1, 0.15) is 30.7 Å². The van der Waals surface area contributed by atoms with E-state index >= 15 is 0 Å². The van der Waals surface area contributed by atoms with Gasteiger partial charge in [-0.05, 0) is 12.2 Å². The Balaban J connectivity index is 2.82. The van der Waals surface area contributed by atoms with Gasteiger partial charge in [-0.2, -0.15) is 0 Å². The zero-order chi connectivity index (χ0) is 14.4. The van der Waals surface area contributed by atoms with E-state index in [0.29, 0.717) is 6.29 Å². The van der Waals surface area contributed by atoms with Gasteiger partial charge in [-0.1, -0.05) is 0 Å². The number of ether oxygens (including phenoxy) is 2. The summed E-state index contributed by atoms with van der Waals surface area (Å²) in [5, 5.41) is 37.1. The average molecular weight is 276 g/mol. The van der Waals surface area contributed by atoms with Gasteiger partial charge in [0.25, 0.3) is 0 Å². The molecule has 108 valence electrons. The predicted octanol–water partition coefficient (Wildman–Crippen LogP) is -2.87. The van der Waals surface area contributed by atoms with Crippen LogP contribution in [0.1, 0.15) is 0 Å². The zero-order valence-electron chi connectivity index (χ0n) is 9.95. The molecule has 0 aromatic carbocycles. The van der Waals surface area contributed by atoms with Crippen molar-refractivity contribution in [1.29, 1.82) is 0 Å². The van der Waals surface area contributed by atoms with Gasteiger partial charge >= 0.3 is 0 Å². The van der Waals surface area contributed by atoms with E-state index in [-0.39, 0.29) is 0 Å². The third-order valence-corrected chi connectivity index (χ3v) is 2.61. The van der Waals surface area contributed by atoms with E-state index in [0.717, 1.165) is 12.2 Å². The van der Waals surface area contributed by atoms with E-state index in [2.05, 4.69) is 0 Å². The highest BCUT2D eigenvalue weighted by molar-refractivity contribution is 5.95. The van der Waals surface area contributed by atoms with Gasteiger partial charge < -0.3 is 29.9 Å². The Labute approximate surface area is 108 Å². The van der Waals surface area contributed by atoms with Gasteiger partial charge in [0.15, 0.2) is 0 Å². The summed E-state index contributed by atoms with van der Waals surface area (Å²) < 4.78 is 10.0. The first-order valence-corrected chi connectivity index (χ1v) is 5.59. The fourth-order valence-electron chi connectivity index (χ4n) is 1.63. The number of hydrogen-bond acceptors (Lipinski definition) is 8. The molecule has 0 bridgehead atoms. The second kappa shape index (κ2) is 7.43. The molecule has 1 aliphatic rings. The fourth-order valence-corrected chi connectivity index (χ4v) is 1.63. The Morgan fingerprint density at radius 2 is 2.00 bits per heavy atom. The van der Waals surface area contributed by atoms with E-state index < -0.39 is 49.7 Å². The third kappa shape index (κ3) is 3.90. The minimum Gasteiger partial charge on any atom is -0.394 e. The normalized spacial score (nSPS) is 33.3. The average Bonchev–Trinajstić information content (AvgIpc) is 2.44. The van der Waals surface area contributed by atoms with Gasteiger partial charge in [-0.3, -0.25) is 9.59 Å². The molecule has 8 nitrogen and oxygen atoms in total. The van der Waals surface area contributed by atoms with Crippen molar-refractivity contribution in [3.05, 3.63) is 12.2 Å². The molecule has 1 rings (SSSR count). The number of aliphatic hydroxyl groups is 4. The van der Waals surface area contributed by atoms with Crippen LogP contribution in [0.15, 0.2) is 12.2 Å². The van der Waals surface area contributed by atoms with E-state index in [4.69, 9.17) is 19.7 Å². The topological polar surface area (TPSA) is 134 Å². The molecule has 0 amide bonds. The molecule has 19 heavy (non-hydrogen) atoms. The number of carbonyl (C=O) groups excluding carboxylic acids is 2. The van der Waals surface area contributed by atoms with Crippen molar-refractivity contribution in [2.75, 3.05) is 13.2 Å². The Bertz CT molecular complexity index is 342. The van der Waals surface area contributed by atoms with Crippen molar-refractivity contribution in [2.24, 2.45) is 0 Å². The van der Waals surface area contributed by atoms with Gasteiger partial charge in [-0.25, -0.2) is 0 Å². The minimum atomic E-state index is -1.47. The summed E-state index contributed by atoms with van der Waals surface area (Å²) in [6, 6.07) is 0. The second-order valence-corrected chi connectivity index (χ2v) is 3.93. The number of ketones is 1. The van der Waals surface area contributed by atoms with Crippen LogP contribution in [0.4, 0.5) is 0 Å². The van der Waals surface area contributed by atoms with E-state index in [1.54, 1.807) is 0 Å². The Kier molecular flexibility index (Phi) is 6.22. The highest BCUT2D eigenvalue weighted by Crippen LogP contribution is 2.22. The number of allylic oxidation sites excluding steroid dienone is 1. The third-order valence-electron chi connectivity index (χ3n) is 2.61. The first-order valence-electron chi connectivity index (χ1n) is 5.59. The molecule has 5 atom stereocenters. The zero-order valence-corrected chi connectivity index (χ0v) is 9.95. The largest absolute Gasteiger partial charge is 0.394 e. The lowest BCUT2D eigenvalue weighted by molar-refractivity contribution is -0.293. The van der Waals surface area contributed by atoms with E-state index in [9.17, 15) is 19.8 Å². The minimum absolute atomic E-state index is 0.388. The summed E-state index contributed by atoms with van der Waals surface area (Å²) in [5.74, 6) is -0.715. The summed E-state index contributed by atoms with van der Waals surface area (Å²) in [4.78, 5) is 21.7. The second-order valence-electron chi connectivity index (χ2n) is 3.93. The summed E-state index contributed by atoms with van der Waals surface area (Å²) in [6.45, 7) is -1.29. The van der Waals surface area contributed by atoms with E-state index in [1.165, 1.54) is 0 Å². The van der Waals surface area contributed by atoms with Crippen molar-refractivity contribution in [1.82, 2.24) is 0 Å². The smallest absolute Gasteiger partial charge is 0.222 e. The molecule has 0 saturated carbocycles. The lowest BCUT2D eigenvalue weighted by atomic mass is 10.0.